The summed E-state index contributed by atoms with van der Waals surface area (Å²) in [4.78, 5) is 12.3. The van der Waals surface area contributed by atoms with E-state index in [-0.39, 0.29) is 5.91 Å². The highest BCUT2D eigenvalue weighted by Gasteiger charge is 2.35. The number of nitrogen functional groups attached to an aromatic ring is 1. The molecule has 2 aliphatic rings. The molecule has 0 aliphatic heterocycles. The summed E-state index contributed by atoms with van der Waals surface area (Å²) in [5.41, 5.74) is 7.60. The molecule has 0 radical (unpaired) electrons. The molecule has 3 rings (SSSR count). The molecule has 104 valence electrons. The van der Waals surface area contributed by atoms with Crippen LogP contribution in [-0.4, -0.2) is 17.0 Å². The number of nitrogens with one attached hydrogen (secondary N) is 1. The lowest BCUT2D eigenvalue weighted by atomic mass is 9.67. The van der Waals surface area contributed by atoms with E-state index in [0.717, 1.165) is 31.5 Å². The lowest BCUT2D eigenvalue weighted by Crippen LogP contribution is -2.42. The van der Waals surface area contributed by atoms with E-state index in [1.807, 2.05) is 10.8 Å². The Hall–Kier alpha value is -1.45. The second-order valence-electron chi connectivity index (χ2n) is 6.19. The predicted molar refractivity (Wildman–Crippen MR) is 76.0 cm³/mol. The summed E-state index contributed by atoms with van der Waals surface area (Å²) in [5.74, 6) is 0.0309. The van der Waals surface area contributed by atoms with E-state index < -0.39 is 0 Å². The van der Waals surface area contributed by atoms with Gasteiger partial charge in [-0.15, -0.1) is 0 Å². The molecule has 1 aromatic rings. The fourth-order valence-electron chi connectivity index (χ4n) is 3.03. The Morgan fingerprint density at radius 2 is 2.26 bits per heavy atom. The van der Waals surface area contributed by atoms with Gasteiger partial charge in [0.15, 0.2) is 0 Å². The minimum Gasteiger partial charge on any atom is -0.397 e. The van der Waals surface area contributed by atoms with E-state index >= 15 is 0 Å². The molecule has 1 amide bonds. The van der Waals surface area contributed by atoms with Crippen molar-refractivity contribution >= 4 is 11.6 Å². The van der Waals surface area contributed by atoms with Crippen LogP contribution in [0, 0.1) is 5.41 Å². The summed E-state index contributed by atoms with van der Waals surface area (Å²) < 4.78 is 2.05. The van der Waals surface area contributed by atoms with Crippen molar-refractivity contribution in [1.29, 1.82) is 0 Å². The number of nitrogens with two attached hydrogens (primary N) is 1. The summed E-state index contributed by atoms with van der Waals surface area (Å²) in [5, 5.41) is 3.11. The molecule has 2 saturated carbocycles. The zero-order valence-electron chi connectivity index (χ0n) is 11.6. The standard InChI is InChI=1S/C15H23N3O/c1-2-15(6-3-7-15)10-17-14(19)13-8-11(16)9-18(13)12-4-5-12/h8-9,12H,2-7,10,16H2,1H3,(H,17,19). The number of amides is 1. The van der Waals surface area contributed by atoms with Gasteiger partial charge >= 0.3 is 0 Å². The van der Waals surface area contributed by atoms with Gasteiger partial charge in [-0.25, -0.2) is 0 Å². The van der Waals surface area contributed by atoms with Crippen molar-refractivity contribution in [2.24, 2.45) is 5.41 Å². The van der Waals surface area contributed by atoms with Gasteiger partial charge in [-0.2, -0.15) is 0 Å². The molecule has 3 N–H and O–H groups in total. The minimum atomic E-state index is 0.0309. The second-order valence-corrected chi connectivity index (χ2v) is 6.19. The monoisotopic (exact) mass is 261 g/mol. The van der Waals surface area contributed by atoms with Crippen LogP contribution < -0.4 is 11.1 Å². The van der Waals surface area contributed by atoms with Crippen LogP contribution in [0.5, 0.6) is 0 Å². The Balaban J connectivity index is 1.67. The molecule has 19 heavy (non-hydrogen) atoms. The van der Waals surface area contributed by atoms with Crippen molar-refractivity contribution in [2.75, 3.05) is 12.3 Å². The maximum Gasteiger partial charge on any atom is 0.268 e. The van der Waals surface area contributed by atoms with Crippen LogP contribution in [0.25, 0.3) is 0 Å². The molecule has 2 fully saturated rings. The first kappa shape index (κ1) is 12.6. The molecule has 0 unspecified atom stereocenters. The Morgan fingerprint density at radius 3 is 2.79 bits per heavy atom. The minimum absolute atomic E-state index is 0.0309. The molecule has 4 nitrogen and oxygen atoms in total. The molecule has 0 bridgehead atoms. The quantitative estimate of drug-likeness (QED) is 0.856. The van der Waals surface area contributed by atoms with Crippen molar-refractivity contribution in [2.45, 2.75) is 51.5 Å². The van der Waals surface area contributed by atoms with Crippen LogP contribution in [-0.2, 0) is 0 Å². The number of aromatic nitrogens is 1. The molecule has 0 spiro atoms. The van der Waals surface area contributed by atoms with E-state index in [0.29, 0.717) is 17.1 Å². The SMILES string of the molecule is CCC1(CNC(=O)c2cc(N)cn2C2CC2)CCC1. The third kappa shape index (κ3) is 2.36. The first-order valence-corrected chi connectivity index (χ1v) is 7.39. The number of hydrogen-bond donors (Lipinski definition) is 2. The zero-order chi connectivity index (χ0) is 13.5. The summed E-state index contributed by atoms with van der Waals surface area (Å²) in [7, 11) is 0. The molecular weight excluding hydrogens is 238 g/mol. The number of hydrogen-bond acceptors (Lipinski definition) is 2. The third-order valence-corrected chi connectivity index (χ3v) is 4.83. The van der Waals surface area contributed by atoms with Crippen LogP contribution >= 0.6 is 0 Å². The maximum absolute atomic E-state index is 12.3. The molecule has 1 aromatic heterocycles. The maximum atomic E-state index is 12.3. The molecule has 2 aliphatic carbocycles. The highest BCUT2D eigenvalue weighted by atomic mass is 16.1. The Bertz CT molecular complexity index is 478. The number of nitrogens with zero attached hydrogens (tertiary/aromatic N) is 1. The van der Waals surface area contributed by atoms with Crippen LogP contribution in [0.2, 0.25) is 0 Å². The Kier molecular flexibility index (Phi) is 3.03. The van der Waals surface area contributed by atoms with Crippen LogP contribution in [0.1, 0.15) is 62.0 Å². The van der Waals surface area contributed by atoms with Crippen molar-refractivity contribution in [3.05, 3.63) is 18.0 Å². The van der Waals surface area contributed by atoms with Crippen molar-refractivity contribution < 1.29 is 4.79 Å². The lowest BCUT2D eigenvalue weighted by Gasteiger charge is -2.41. The lowest BCUT2D eigenvalue weighted by molar-refractivity contribution is 0.0841. The largest absolute Gasteiger partial charge is 0.397 e. The number of anilines is 1. The normalized spacial score (nSPS) is 20.9. The van der Waals surface area contributed by atoms with Gasteiger partial charge in [0, 0.05) is 18.8 Å². The molecule has 0 atom stereocenters. The summed E-state index contributed by atoms with van der Waals surface area (Å²) in [6.07, 6.45) is 9.16. The zero-order valence-corrected chi connectivity index (χ0v) is 11.6. The van der Waals surface area contributed by atoms with Gasteiger partial charge in [0.2, 0.25) is 0 Å². The van der Waals surface area contributed by atoms with E-state index in [1.54, 1.807) is 6.07 Å². The first-order chi connectivity index (χ1) is 9.13. The summed E-state index contributed by atoms with van der Waals surface area (Å²) in [6.45, 7) is 3.02. The van der Waals surface area contributed by atoms with Crippen molar-refractivity contribution in [1.82, 2.24) is 9.88 Å². The van der Waals surface area contributed by atoms with E-state index in [1.165, 1.54) is 19.3 Å². The third-order valence-electron chi connectivity index (χ3n) is 4.83. The molecule has 1 heterocycles. The van der Waals surface area contributed by atoms with Gasteiger partial charge in [-0.05, 0) is 43.6 Å². The topological polar surface area (TPSA) is 60.1 Å². The molecule has 0 aromatic carbocycles. The molecular formula is C15H23N3O. The first-order valence-electron chi connectivity index (χ1n) is 7.39. The second kappa shape index (κ2) is 4.58. The average molecular weight is 261 g/mol. The van der Waals surface area contributed by atoms with Crippen molar-refractivity contribution in [3.63, 3.8) is 0 Å². The van der Waals surface area contributed by atoms with E-state index in [2.05, 4.69) is 12.2 Å². The van der Waals surface area contributed by atoms with E-state index in [9.17, 15) is 4.79 Å². The predicted octanol–water partition coefficient (Wildman–Crippen LogP) is 2.72. The van der Waals surface area contributed by atoms with Crippen LogP contribution in [0.3, 0.4) is 0 Å². The number of rotatable bonds is 5. The Morgan fingerprint density at radius 1 is 1.53 bits per heavy atom. The van der Waals surface area contributed by atoms with Gasteiger partial charge in [-0.1, -0.05) is 13.3 Å². The highest BCUT2D eigenvalue weighted by Crippen LogP contribution is 2.43. The van der Waals surface area contributed by atoms with Gasteiger partial charge < -0.3 is 15.6 Å². The van der Waals surface area contributed by atoms with Gasteiger partial charge in [0.25, 0.3) is 5.91 Å². The van der Waals surface area contributed by atoms with Crippen molar-refractivity contribution in [3.8, 4) is 0 Å². The smallest absolute Gasteiger partial charge is 0.268 e. The summed E-state index contributed by atoms with van der Waals surface area (Å²) in [6, 6.07) is 2.29. The Labute approximate surface area is 114 Å². The highest BCUT2D eigenvalue weighted by molar-refractivity contribution is 5.94. The van der Waals surface area contributed by atoms with Crippen LogP contribution in [0.15, 0.2) is 12.3 Å². The van der Waals surface area contributed by atoms with Gasteiger partial charge in [0.1, 0.15) is 5.69 Å². The number of carbonyl (C=O) groups is 1. The molecule has 0 saturated heterocycles. The van der Waals surface area contributed by atoms with E-state index in [4.69, 9.17) is 5.73 Å². The van der Waals surface area contributed by atoms with Gasteiger partial charge in [0.05, 0.1) is 5.69 Å². The fourth-order valence-corrected chi connectivity index (χ4v) is 3.03. The fraction of sp³-hybridized carbons (Fsp3) is 0.667. The molecule has 4 heteroatoms. The number of carbonyl (C=O) groups excluding carboxylic acids is 1. The van der Waals surface area contributed by atoms with Gasteiger partial charge in [-0.3, -0.25) is 4.79 Å². The summed E-state index contributed by atoms with van der Waals surface area (Å²) >= 11 is 0. The average Bonchev–Trinajstić information content (AvgIpc) is 3.11. The van der Waals surface area contributed by atoms with Crippen LogP contribution in [0.4, 0.5) is 5.69 Å².